The van der Waals surface area contributed by atoms with E-state index in [0.29, 0.717) is 28.7 Å². The van der Waals surface area contributed by atoms with Gasteiger partial charge in [0.15, 0.2) is 5.17 Å². The zero-order valence-corrected chi connectivity index (χ0v) is 20.4. The Labute approximate surface area is 208 Å². The van der Waals surface area contributed by atoms with Gasteiger partial charge in [-0.2, -0.15) is 0 Å². The van der Waals surface area contributed by atoms with Crippen molar-refractivity contribution in [3.05, 3.63) is 94.9 Å². The number of aromatic nitrogens is 1. The second-order valence-corrected chi connectivity index (χ2v) is 8.70. The zero-order chi connectivity index (χ0) is 24.8. The standard InChI is InChI=1S/C26H26N4O4S/c1-4-12-34-25(32)23-17(2)29-26-30(24(23)19-7-9-21(33-3)10-8-19)20(16-35-26)13-22(31)28-15-18-6-5-11-27-14-18/h4-11,14,16,24H,1,12-13,15H2,2-3H3,(H,28,31). The third kappa shape index (κ3) is 5.46. The van der Waals surface area contributed by atoms with Crippen molar-refractivity contribution in [2.24, 2.45) is 4.99 Å². The summed E-state index contributed by atoms with van der Waals surface area (Å²) >= 11 is 1.43. The smallest absolute Gasteiger partial charge is 0.338 e. The quantitative estimate of drug-likeness (QED) is 0.418. The number of ether oxygens (including phenoxy) is 2. The number of carbonyl (C=O) groups is 2. The first kappa shape index (κ1) is 24.3. The Bertz CT molecular complexity index is 1210. The van der Waals surface area contributed by atoms with E-state index < -0.39 is 12.0 Å². The molecular weight excluding hydrogens is 464 g/mol. The van der Waals surface area contributed by atoms with Crippen molar-refractivity contribution in [3.63, 3.8) is 0 Å². The maximum Gasteiger partial charge on any atom is 0.338 e. The minimum absolute atomic E-state index is 0.0930. The number of benzene rings is 1. The molecule has 2 aromatic rings. The highest BCUT2D eigenvalue weighted by Crippen LogP contribution is 2.45. The van der Waals surface area contributed by atoms with Crippen LogP contribution in [0, 0.1) is 0 Å². The van der Waals surface area contributed by atoms with Crippen molar-refractivity contribution in [2.45, 2.75) is 25.9 Å². The van der Waals surface area contributed by atoms with Crippen molar-refractivity contribution in [1.82, 2.24) is 15.2 Å². The number of esters is 1. The van der Waals surface area contributed by atoms with Crippen molar-refractivity contribution in [2.75, 3.05) is 13.7 Å². The average molecular weight is 491 g/mol. The van der Waals surface area contributed by atoms with Crippen LogP contribution in [0.25, 0.3) is 0 Å². The summed E-state index contributed by atoms with van der Waals surface area (Å²) in [6.07, 6.45) is 5.06. The zero-order valence-electron chi connectivity index (χ0n) is 19.6. The van der Waals surface area contributed by atoms with Gasteiger partial charge in [-0.05, 0) is 41.7 Å². The van der Waals surface area contributed by atoms with E-state index >= 15 is 0 Å². The van der Waals surface area contributed by atoms with Gasteiger partial charge in [-0.15, -0.1) is 0 Å². The van der Waals surface area contributed by atoms with Crippen LogP contribution in [-0.2, 0) is 20.9 Å². The number of thioether (sulfide) groups is 1. The molecule has 180 valence electrons. The molecule has 0 saturated heterocycles. The van der Waals surface area contributed by atoms with Crippen LogP contribution < -0.4 is 10.1 Å². The molecule has 0 saturated carbocycles. The van der Waals surface area contributed by atoms with Crippen LogP contribution in [0.15, 0.2) is 88.8 Å². The van der Waals surface area contributed by atoms with Crippen molar-refractivity contribution < 1.29 is 19.1 Å². The van der Waals surface area contributed by atoms with Gasteiger partial charge in [-0.1, -0.05) is 42.6 Å². The molecule has 2 aliphatic heterocycles. The number of hydrogen-bond donors (Lipinski definition) is 1. The first-order valence-corrected chi connectivity index (χ1v) is 11.9. The molecule has 1 aromatic carbocycles. The predicted octanol–water partition coefficient (Wildman–Crippen LogP) is 4.10. The number of nitrogens with one attached hydrogen (secondary N) is 1. The lowest BCUT2D eigenvalue weighted by Gasteiger charge is -2.36. The molecule has 0 fully saturated rings. The van der Waals surface area contributed by atoms with E-state index in [4.69, 9.17) is 9.47 Å². The fourth-order valence-corrected chi connectivity index (χ4v) is 4.84. The predicted molar refractivity (Wildman–Crippen MR) is 135 cm³/mol. The Morgan fingerprint density at radius 3 is 2.74 bits per heavy atom. The van der Waals surface area contributed by atoms with Crippen LogP contribution in [0.4, 0.5) is 0 Å². The normalized spacial score (nSPS) is 16.7. The summed E-state index contributed by atoms with van der Waals surface area (Å²) in [5.74, 6) is 0.0945. The Balaban J connectivity index is 1.61. The summed E-state index contributed by atoms with van der Waals surface area (Å²) in [6.45, 7) is 5.90. The van der Waals surface area contributed by atoms with Gasteiger partial charge in [0.05, 0.1) is 30.8 Å². The van der Waals surface area contributed by atoms with Crippen LogP contribution >= 0.6 is 11.8 Å². The maximum atomic E-state index is 13.1. The Morgan fingerprint density at radius 1 is 1.26 bits per heavy atom. The largest absolute Gasteiger partial charge is 0.497 e. The maximum absolute atomic E-state index is 13.1. The highest BCUT2D eigenvalue weighted by atomic mass is 32.2. The number of amides is 1. The van der Waals surface area contributed by atoms with Gasteiger partial charge >= 0.3 is 5.97 Å². The molecule has 9 heteroatoms. The molecule has 3 heterocycles. The lowest BCUT2D eigenvalue weighted by Crippen LogP contribution is -2.38. The van der Waals surface area contributed by atoms with Gasteiger partial charge in [0, 0.05) is 24.6 Å². The van der Waals surface area contributed by atoms with E-state index in [1.54, 1.807) is 26.4 Å². The monoisotopic (exact) mass is 490 g/mol. The number of nitrogens with zero attached hydrogens (tertiary/aromatic N) is 3. The topological polar surface area (TPSA) is 93.1 Å². The van der Waals surface area contributed by atoms with Crippen molar-refractivity contribution >= 4 is 28.8 Å². The lowest BCUT2D eigenvalue weighted by molar-refractivity contribution is -0.138. The van der Waals surface area contributed by atoms with E-state index in [2.05, 4.69) is 21.9 Å². The van der Waals surface area contributed by atoms with Gasteiger partial charge in [0.2, 0.25) is 5.91 Å². The molecule has 35 heavy (non-hydrogen) atoms. The third-order valence-corrected chi connectivity index (χ3v) is 6.43. The highest BCUT2D eigenvalue weighted by Gasteiger charge is 2.41. The minimum Gasteiger partial charge on any atom is -0.497 e. The molecule has 1 unspecified atom stereocenters. The van der Waals surface area contributed by atoms with Crippen LogP contribution in [0.2, 0.25) is 0 Å². The molecule has 1 aromatic heterocycles. The van der Waals surface area contributed by atoms with Gasteiger partial charge < -0.3 is 19.7 Å². The molecule has 0 bridgehead atoms. The van der Waals surface area contributed by atoms with Gasteiger partial charge in [-0.25, -0.2) is 9.79 Å². The molecular formula is C26H26N4O4S. The number of carbonyl (C=O) groups excluding carboxylic acids is 2. The fourth-order valence-electron chi connectivity index (χ4n) is 3.88. The van der Waals surface area contributed by atoms with Gasteiger partial charge in [0.25, 0.3) is 0 Å². The van der Waals surface area contributed by atoms with Gasteiger partial charge in [0.1, 0.15) is 12.4 Å². The summed E-state index contributed by atoms with van der Waals surface area (Å²) in [4.78, 5) is 36.6. The van der Waals surface area contributed by atoms with E-state index in [9.17, 15) is 9.59 Å². The average Bonchev–Trinajstić information content (AvgIpc) is 3.27. The van der Waals surface area contributed by atoms with Crippen LogP contribution in [0.5, 0.6) is 5.75 Å². The van der Waals surface area contributed by atoms with Crippen LogP contribution in [-0.4, -0.2) is 40.6 Å². The number of aliphatic imine (C=N–C) groups is 1. The molecule has 0 radical (unpaired) electrons. The minimum atomic E-state index is -0.502. The SMILES string of the molecule is C=CCOC(=O)C1=C(C)N=C2SC=C(CC(=O)NCc3cccnc3)N2C1c1ccc(OC)cc1. The van der Waals surface area contributed by atoms with Crippen LogP contribution in [0.1, 0.15) is 30.5 Å². The summed E-state index contributed by atoms with van der Waals surface area (Å²) in [5, 5.41) is 5.55. The molecule has 1 amide bonds. The number of amidine groups is 1. The summed E-state index contributed by atoms with van der Waals surface area (Å²) in [6, 6.07) is 10.7. The molecule has 1 atom stereocenters. The van der Waals surface area contributed by atoms with Crippen molar-refractivity contribution in [3.8, 4) is 5.75 Å². The number of methoxy groups -OCH3 is 1. The van der Waals surface area contributed by atoms with Gasteiger partial charge in [-0.3, -0.25) is 9.78 Å². The summed E-state index contributed by atoms with van der Waals surface area (Å²) in [7, 11) is 1.60. The Morgan fingerprint density at radius 2 is 2.06 bits per heavy atom. The lowest BCUT2D eigenvalue weighted by atomic mass is 9.93. The second kappa shape index (κ2) is 11.1. The molecule has 0 aliphatic carbocycles. The molecule has 8 nitrogen and oxygen atoms in total. The second-order valence-electron chi connectivity index (χ2n) is 7.87. The summed E-state index contributed by atoms with van der Waals surface area (Å²) in [5.41, 5.74) is 3.52. The molecule has 0 spiro atoms. The molecule has 1 N–H and O–H groups in total. The van der Waals surface area contributed by atoms with E-state index in [-0.39, 0.29) is 18.9 Å². The number of allylic oxidation sites excluding steroid dienone is 1. The van der Waals surface area contributed by atoms with Crippen molar-refractivity contribution in [1.29, 1.82) is 0 Å². The number of rotatable bonds is 9. The Hall–Kier alpha value is -3.85. The number of pyridine rings is 1. The first-order chi connectivity index (χ1) is 17.0. The Kier molecular flexibility index (Phi) is 7.67. The highest BCUT2D eigenvalue weighted by molar-refractivity contribution is 8.16. The number of fused-ring (bicyclic) bond motifs is 1. The fraction of sp³-hybridized carbons (Fsp3) is 0.231. The van der Waals surface area contributed by atoms with E-state index in [0.717, 1.165) is 16.8 Å². The van der Waals surface area contributed by atoms with Crippen LogP contribution in [0.3, 0.4) is 0 Å². The first-order valence-electron chi connectivity index (χ1n) is 11.0. The summed E-state index contributed by atoms with van der Waals surface area (Å²) < 4.78 is 10.7. The molecule has 4 rings (SSSR count). The number of hydrogen-bond acceptors (Lipinski definition) is 8. The van der Waals surface area contributed by atoms with E-state index in [1.807, 2.05) is 46.7 Å². The van der Waals surface area contributed by atoms with E-state index in [1.165, 1.54) is 17.8 Å². The molecule has 2 aliphatic rings. The third-order valence-electron chi connectivity index (χ3n) is 5.54.